The smallest absolute Gasteiger partial charge is 0.304 e. The highest BCUT2D eigenvalue weighted by Crippen LogP contribution is 2.11. The first kappa shape index (κ1) is 12.4. The highest BCUT2D eigenvalue weighted by Gasteiger charge is 2.08. The van der Waals surface area contributed by atoms with Gasteiger partial charge in [0.15, 0.2) is 0 Å². The summed E-state index contributed by atoms with van der Waals surface area (Å²) in [5.74, 6) is -0.834. The third kappa shape index (κ3) is 4.87. The van der Waals surface area contributed by atoms with Gasteiger partial charge in [-0.3, -0.25) is 4.79 Å². The van der Waals surface area contributed by atoms with Gasteiger partial charge in [0.2, 0.25) is 0 Å². The second-order valence-electron chi connectivity index (χ2n) is 2.64. The lowest BCUT2D eigenvalue weighted by atomic mass is 10.1. The van der Waals surface area contributed by atoms with Gasteiger partial charge >= 0.3 is 5.97 Å². The number of carboxylic acids is 1. The van der Waals surface area contributed by atoms with Crippen molar-refractivity contribution in [2.75, 3.05) is 0 Å². The fraction of sp³-hybridized carbons (Fsp3) is 0.375. The summed E-state index contributed by atoms with van der Waals surface area (Å²) < 4.78 is 0. The van der Waals surface area contributed by atoms with Crippen molar-refractivity contribution in [2.24, 2.45) is 5.73 Å². The molecule has 1 unspecified atom stereocenters. The van der Waals surface area contributed by atoms with Crippen molar-refractivity contribution in [1.29, 1.82) is 0 Å². The van der Waals surface area contributed by atoms with E-state index in [1.807, 2.05) is 17.5 Å². The largest absolute Gasteiger partial charge is 0.481 e. The number of hydrogen-bond donors (Lipinski definition) is 2. The molecular formula is C8H12ClNO2S. The number of thiophene rings is 1. The fourth-order valence-corrected chi connectivity index (χ4v) is 1.78. The van der Waals surface area contributed by atoms with Gasteiger partial charge < -0.3 is 10.8 Å². The summed E-state index contributed by atoms with van der Waals surface area (Å²) in [5, 5.41) is 10.4. The van der Waals surface area contributed by atoms with E-state index in [4.69, 9.17) is 10.8 Å². The predicted molar refractivity (Wildman–Crippen MR) is 55.5 cm³/mol. The molecule has 13 heavy (non-hydrogen) atoms. The van der Waals surface area contributed by atoms with E-state index in [0.717, 1.165) is 4.88 Å². The summed E-state index contributed by atoms with van der Waals surface area (Å²) in [6, 6.07) is 3.64. The van der Waals surface area contributed by atoms with E-state index in [9.17, 15) is 4.79 Å². The van der Waals surface area contributed by atoms with Gasteiger partial charge in [0.05, 0.1) is 6.42 Å². The summed E-state index contributed by atoms with van der Waals surface area (Å²) in [4.78, 5) is 11.4. The standard InChI is InChI=1S/C8H11NO2S.ClH/c9-6(5-8(10)11)4-7-2-1-3-12-7;/h1-3,6H,4-5,9H2,(H,10,11);1H. The topological polar surface area (TPSA) is 63.3 Å². The van der Waals surface area contributed by atoms with Crippen LogP contribution in [-0.2, 0) is 11.2 Å². The van der Waals surface area contributed by atoms with Gasteiger partial charge in [-0.2, -0.15) is 0 Å². The Morgan fingerprint density at radius 2 is 2.38 bits per heavy atom. The number of halogens is 1. The minimum absolute atomic E-state index is 0. The SMILES string of the molecule is Cl.NC(CC(=O)O)Cc1cccs1. The highest BCUT2D eigenvalue weighted by molar-refractivity contribution is 7.09. The zero-order valence-electron chi connectivity index (χ0n) is 6.97. The minimum atomic E-state index is -0.834. The van der Waals surface area contributed by atoms with Crippen LogP contribution < -0.4 is 5.73 Å². The maximum atomic E-state index is 10.3. The quantitative estimate of drug-likeness (QED) is 0.810. The maximum absolute atomic E-state index is 10.3. The number of rotatable bonds is 4. The van der Waals surface area contributed by atoms with Crippen LogP contribution in [0.4, 0.5) is 0 Å². The van der Waals surface area contributed by atoms with Gasteiger partial charge in [-0.15, -0.1) is 23.7 Å². The van der Waals surface area contributed by atoms with Gasteiger partial charge in [-0.25, -0.2) is 0 Å². The van der Waals surface area contributed by atoms with Crippen LogP contribution in [0.5, 0.6) is 0 Å². The maximum Gasteiger partial charge on any atom is 0.304 e. The Kier molecular flexibility index (Phi) is 5.70. The normalized spacial score (nSPS) is 11.8. The highest BCUT2D eigenvalue weighted by atomic mass is 35.5. The summed E-state index contributed by atoms with van der Waals surface area (Å²) in [5.41, 5.74) is 5.59. The molecule has 0 aliphatic rings. The Labute approximate surface area is 87.0 Å². The molecule has 0 radical (unpaired) electrons. The molecule has 0 aromatic carbocycles. The third-order valence-electron chi connectivity index (χ3n) is 1.48. The molecule has 0 fully saturated rings. The van der Waals surface area contributed by atoms with E-state index >= 15 is 0 Å². The van der Waals surface area contributed by atoms with Crippen molar-refractivity contribution in [1.82, 2.24) is 0 Å². The zero-order chi connectivity index (χ0) is 8.97. The molecule has 1 atom stereocenters. The molecule has 0 saturated carbocycles. The fourth-order valence-electron chi connectivity index (χ4n) is 0.984. The van der Waals surface area contributed by atoms with Gasteiger partial charge in [0.25, 0.3) is 0 Å². The van der Waals surface area contributed by atoms with Crippen LogP contribution in [0.25, 0.3) is 0 Å². The van der Waals surface area contributed by atoms with Gasteiger partial charge in [-0.1, -0.05) is 6.07 Å². The van der Waals surface area contributed by atoms with Crippen molar-refractivity contribution in [3.8, 4) is 0 Å². The van der Waals surface area contributed by atoms with E-state index in [2.05, 4.69) is 0 Å². The van der Waals surface area contributed by atoms with Crippen molar-refractivity contribution in [3.63, 3.8) is 0 Å². The van der Waals surface area contributed by atoms with Crippen LogP contribution in [0.2, 0.25) is 0 Å². The molecule has 0 aliphatic heterocycles. The lowest BCUT2D eigenvalue weighted by Crippen LogP contribution is -2.25. The summed E-state index contributed by atoms with van der Waals surface area (Å²) in [7, 11) is 0. The Hall–Kier alpha value is -0.580. The number of carbonyl (C=O) groups is 1. The average Bonchev–Trinajstić information content (AvgIpc) is 2.37. The van der Waals surface area contributed by atoms with Gasteiger partial charge in [0.1, 0.15) is 0 Å². The summed E-state index contributed by atoms with van der Waals surface area (Å²) >= 11 is 1.61. The molecule has 1 aromatic heterocycles. The van der Waals surface area contributed by atoms with Crippen molar-refractivity contribution in [2.45, 2.75) is 18.9 Å². The van der Waals surface area contributed by atoms with Crippen LogP contribution >= 0.6 is 23.7 Å². The molecule has 0 saturated heterocycles. The van der Waals surface area contributed by atoms with E-state index in [1.54, 1.807) is 11.3 Å². The van der Waals surface area contributed by atoms with E-state index < -0.39 is 5.97 Å². The first-order valence-corrected chi connectivity index (χ1v) is 4.56. The first-order chi connectivity index (χ1) is 5.68. The lowest BCUT2D eigenvalue weighted by Gasteiger charge is -2.05. The Balaban J connectivity index is 0.00000144. The van der Waals surface area contributed by atoms with Gasteiger partial charge in [-0.05, 0) is 17.9 Å². The molecule has 0 spiro atoms. The molecule has 5 heteroatoms. The van der Waals surface area contributed by atoms with Gasteiger partial charge in [0, 0.05) is 10.9 Å². The molecule has 74 valence electrons. The zero-order valence-corrected chi connectivity index (χ0v) is 8.61. The Morgan fingerprint density at radius 1 is 1.69 bits per heavy atom. The van der Waals surface area contributed by atoms with Crippen LogP contribution in [0, 0.1) is 0 Å². The lowest BCUT2D eigenvalue weighted by molar-refractivity contribution is -0.137. The molecule has 0 bridgehead atoms. The molecule has 0 aliphatic carbocycles. The third-order valence-corrected chi connectivity index (χ3v) is 2.38. The number of hydrogen-bond acceptors (Lipinski definition) is 3. The van der Waals surface area contributed by atoms with Crippen LogP contribution in [0.1, 0.15) is 11.3 Å². The molecule has 1 rings (SSSR count). The summed E-state index contributed by atoms with van der Waals surface area (Å²) in [6.45, 7) is 0. The molecule has 0 amide bonds. The van der Waals surface area contributed by atoms with E-state index in [1.165, 1.54) is 0 Å². The molecule has 3 nitrogen and oxygen atoms in total. The van der Waals surface area contributed by atoms with Crippen molar-refractivity contribution >= 4 is 29.7 Å². The van der Waals surface area contributed by atoms with E-state index in [-0.39, 0.29) is 24.9 Å². The molecule has 1 aromatic rings. The second-order valence-corrected chi connectivity index (χ2v) is 3.67. The number of nitrogens with two attached hydrogens (primary N) is 1. The molecular weight excluding hydrogens is 210 g/mol. The monoisotopic (exact) mass is 221 g/mol. The average molecular weight is 222 g/mol. The van der Waals surface area contributed by atoms with Crippen LogP contribution in [0.3, 0.4) is 0 Å². The van der Waals surface area contributed by atoms with Crippen molar-refractivity contribution in [3.05, 3.63) is 22.4 Å². The predicted octanol–water partition coefficient (Wildman–Crippen LogP) is 1.51. The van der Waals surface area contributed by atoms with Crippen LogP contribution in [-0.4, -0.2) is 17.1 Å². The first-order valence-electron chi connectivity index (χ1n) is 3.68. The second kappa shape index (κ2) is 5.96. The Morgan fingerprint density at radius 3 is 2.85 bits per heavy atom. The number of aliphatic carboxylic acids is 1. The molecule has 3 N–H and O–H groups in total. The minimum Gasteiger partial charge on any atom is -0.481 e. The number of carboxylic acid groups (broad SMARTS) is 1. The summed E-state index contributed by atoms with van der Waals surface area (Å²) in [6.07, 6.45) is 0.696. The van der Waals surface area contributed by atoms with E-state index in [0.29, 0.717) is 6.42 Å². The van der Waals surface area contributed by atoms with Crippen LogP contribution in [0.15, 0.2) is 17.5 Å². The van der Waals surface area contributed by atoms with Crippen molar-refractivity contribution < 1.29 is 9.90 Å². The molecule has 1 heterocycles. The Bertz CT molecular complexity index is 251.